The van der Waals surface area contributed by atoms with Gasteiger partial charge in [-0.3, -0.25) is 0 Å². The van der Waals surface area contributed by atoms with Gasteiger partial charge in [-0.25, -0.2) is 0 Å². The summed E-state index contributed by atoms with van der Waals surface area (Å²) >= 11 is 0. The summed E-state index contributed by atoms with van der Waals surface area (Å²) in [6, 6.07) is 0. The van der Waals surface area contributed by atoms with Crippen LogP contribution in [-0.2, 0) is 4.74 Å². The van der Waals surface area contributed by atoms with Gasteiger partial charge in [0.05, 0.1) is 6.61 Å². The molecule has 1 aliphatic carbocycles. The van der Waals surface area contributed by atoms with E-state index in [1.54, 1.807) is 0 Å². The highest BCUT2D eigenvalue weighted by Gasteiger charge is 2.00. The molecule has 0 bridgehead atoms. The van der Waals surface area contributed by atoms with Crippen molar-refractivity contribution in [1.82, 2.24) is 0 Å². The maximum Gasteiger partial charge on any atom is 0.176 e. The lowest BCUT2D eigenvalue weighted by molar-refractivity contribution is 0.196. The lowest BCUT2D eigenvalue weighted by Gasteiger charge is -2.08. The molecule has 0 fully saturated rings. The summed E-state index contributed by atoms with van der Waals surface area (Å²) < 4.78 is 5.09. The van der Waals surface area contributed by atoms with Gasteiger partial charge in [0.15, 0.2) is 5.88 Å². The molecule has 0 saturated carbocycles. The van der Waals surface area contributed by atoms with Gasteiger partial charge in [0.25, 0.3) is 0 Å². The number of hydrogen-bond donors (Lipinski definition) is 1. The minimum Gasteiger partial charge on any atom is -0.479 e. The maximum atomic E-state index is 5.27. The third kappa shape index (κ3) is 3.10. The average molecular weight is 163 g/mol. The van der Waals surface area contributed by atoms with Crippen molar-refractivity contribution in [2.24, 2.45) is 11.7 Å². The van der Waals surface area contributed by atoms with Crippen LogP contribution in [0.3, 0.4) is 0 Å². The molecule has 0 radical (unpaired) electrons. The summed E-state index contributed by atoms with van der Waals surface area (Å²) in [5.41, 5.74) is 5.27. The van der Waals surface area contributed by atoms with Gasteiger partial charge in [0, 0.05) is 5.92 Å². The van der Waals surface area contributed by atoms with E-state index in [0.717, 1.165) is 0 Å². The van der Waals surface area contributed by atoms with Crippen molar-refractivity contribution in [2.45, 2.75) is 0 Å². The highest BCUT2D eigenvalue weighted by Crippen LogP contribution is 2.06. The Morgan fingerprint density at radius 3 is 2.33 bits per heavy atom. The van der Waals surface area contributed by atoms with E-state index in [1.807, 2.05) is 24.3 Å². The summed E-state index contributed by atoms with van der Waals surface area (Å²) in [7, 11) is 0. The Hall–Kier alpha value is -1.44. The second-order valence-electron chi connectivity index (χ2n) is 2.60. The Kier molecular flexibility index (Phi) is 3.20. The van der Waals surface area contributed by atoms with Crippen LogP contribution in [0.5, 0.6) is 0 Å². The highest BCUT2D eigenvalue weighted by molar-refractivity contribution is 5.19. The van der Waals surface area contributed by atoms with Crippen molar-refractivity contribution in [3.8, 4) is 0 Å². The minimum absolute atomic E-state index is 0.272. The first-order valence-electron chi connectivity index (χ1n) is 3.88. The van der Waals surface area contributed by atoms with E-state index in [2.05, 4.69) is 18.7 Å². The Morgan fingerprint density at radius 1 is 1.25 bits per heavy atom. The fraction of sp³-hybridized carbons (Fsp3) is 0.200. The Morgan fingerprint density at radius 2 is 1.83 bits per heavy atom. The van der Waals surface area contributed by atoms with Crippen molar-refractivity contribution in [2.75, 3.05) is 6.61 Å². The van der Waals surface area contributed by atoms with E-state index in [0.29, 0.717) is 12.5 Å². The SMILES string of the molecule is C=C(N)OCC1C=CC=CC=C1. The number of ether oxygens (including phenoxy) is 1. The quantitative estimate of drug-likeness (QED) is 0.643. The topological polar surface area (TPSA) is 35.2 Å². The Balaban J connectivity index is 2.37. The fourth-order valence-electron chi connectivity index (χ4n) is 0.921. The predicted octanol–water partition coefficient (Wildman–Crippen LogP) is 1.73. The van der Waals surface area contributed by atoms with Gasteiger partial charge in [0.2, 0.25) is 0 Å². The van der Waals surface area contributed by atoms with Crippen molar-refractivity contribution < 1.29 is 4.74 Å². The van der Waals surface area contributed by atoms with Gasteiger partial charge in [0.1, 0.15) is 0 Å². The van der Waals surface area contributed by atoms with Crippen LogP contribution in [0.25, 0.3) is 0 Å². The lowest BCUT2D eigenvalue weighted by atomic mass is 10.1. The maximum absolute atomic E-state index is 5.27. The standard InChI is InChI=1S/C10H13NO/c1-9(11)12-8-10-6-4-2-3-5-7-10/h2-7,10H,1,8,11H2. The van der Waals surface area contributed by atoms with Gasteiger partial charge in [-0.05, 0) is 6.58 Å². The molecule has 2 heteroatoms. The molecular formula is C10H13NO. The molecule has 0 aromatic rings. The summed E-state index contributed by atoms with van der Waals surface area (Å²) in [5, 5.41) is 0. The van der Waals surface area contributed by atoms with Crippen LogP contribution in [0.4, 0.5) is 0 Å². The molecule has 0 aliphatic heterocycles. The zero-order chi connectivity index (χ0) is 8.81. The first-order valence-corrected chi connectivity index (χ1v) is 3.88. The molecule has 2 N–H and O–H groups in total. The van der Waals surface area contributed by atoms with Crippen LogP contribution in [0.1, 0.15) is 0 Å². The van der Waals surface area contributed by atoms with Gasteiger partial charge < -0.3 is 10.5 Å². The zero-order valence-corrected chi connectivity index (χ0v) is 6.94. The van der Waals surface area contributed by atoms with E-state index < -0.39 is 0 Å². The molecule has 0 aromatic heterocycles. The molecule has 0 saturated heterocycles. The fourth-order valence-corrected chi connectivity index (χ4v) is 0.921. The number of nitrogens with two attached hydrogens (primary N) is 1. The molecule has 0 heterocycles. The molecule has 0 atom stereocenters. The molecule has 12 heavy (non-hydrogen) atoms. The first-order chi connectivity index (χ1) is 5.79. The average Bonchev–Trinajstić information content (AvgIpc) is 2.28. The smallest absolute Gasteiger partial charge is 0.176 e. The summed E-state index contributed by atoms with van der Waals surface area (Å²) in [6.45, 7) is 4.01. The highest BCUT2D eigenvalue weighted by atomic mass is 16.5. The van der Waals surface area contributed by atoms with E-state index in [-0.39, 0.29) is 5.88 Å². The van der Waals surface area contributed by atoms with E-state index in [1.165, 1.54) is 0 Å². The van der Waals surface area contributed by atoms with Crippen LogP contribution in [-0.4, -0.2) is 6.61 Å². The van der Waals surface area contributed by atoms with E-state index in [9.17, 15) is 0 Å². The minimum atomic E-state index is 0.272. The predicted molar refractivity (Wildman–Crippen MR) is 50.2 cm³/mol. The van der Waals surface area contributed by atoms with Crippen LogP contribution >= 0.6 is 0 Å². The second-order valence-corrected chi connectivity index (χ2v) is 2.60. The van der Waals surface area contributed by atoms with Crippen molar-refractivity contribution in [1.29, 1.82) is 0 Å². The molecular weight excluding hydrogens is 150 g/mol. The van der Waals surface area contributed by atoms with Crippen LogP contribution < -0.4 is 5.73 Å². The van der Waals surface area contributed by atoms with Gasteiger partial charge in [-0.2, -0.15) is 0 Å². The van der Waals surface area contributed by atoms with Crippen molar-refractivity contribution >= 4 is 0 Å². The normalized spacial score (nSPS) is 16.0. The van der Waals surface area contributed by atoms with Gasteiger partial charge in [-0.1, -0.05) is 36.5 Å². The van der Waals surface area contributed by atoms with Crippen LogP contribution in [0.2, 0.25) is 0 Å². The number of allylic oxidation sites excluding steroid dienone is 4. The zero-order valence-electron chi connectivity index (χ0n) is 6.94. The summed E-state index contributed by atoms with van der Waals surface area (Å²) in [5.74, 6) is 0.564. The van der Waals surface area contributed by atoms with E-state index >= 15 is 0 Å². The molecule has 0 aromatic carbocycles. The Labute approximate surface area is 72.7 Å². The summed E-state index contributed by atoms with van der Waals surface area (Å²) in [6.07, 6.45) is 12.1. The molecule has 0 amide bonds. The second kappa shape index (κ2) is 4.44. The van der Waals surface area contributed by atoms with Crippen LogP contribution in [0, 0.1) is 5.92 Å². The number of rotatable bonds is 3. The van der Waals surface area contributed by atoms with Gasteiger partial charge in [-0.15, -0.1) is 0 Å². The molecule has 0 spiro atoms. The molecule has 1 aliphatic rings. The lowest BCUT2D eigenvalue weighted by Crippen LogP contribution is -2.08. The largest absolute Gasteiger partial charge is 0.479 e. The molecule has 2 nitrogen and oxygen atoms in total. The van der Waals surface area contributed by atoms with Gasteiger partial charge >= 0.3 is 0 Å². The molecule has 64 valence electrons. The van der Waals surface area contributed by atoms with Crippen molar-refractivity contribution in [3.05, 3.63) is 48.9 Å². The first kappa shape index (κ1) is 8.65. The summed E-state index contributed by atoms with van der Waals surface area (Å²) in [4.78, 5) is 0. The van der Waals surface area contributed by atoms with E-state index in [4.69, 9.17) is 10.5 Å². The molecule has 0 unspecified atom stereocenters. The third-order valence-corrected chi connectivity index (χ3v) is 1.51. The van der Waals surface area contributed by atoms with Crippen molar-refractivity contribution in [3.63, 3.8) is 0 Å². The van der Waals surface area contributed by atoms with Crippen LogP contribution in [0.15, 0.2) is 48.9 Å². The number of hydrogen-bond acceptors (Lipinski definition) is 2. The Bertz CT molecular complexity index is 222. The molecule has 1 rings (SSSR count). The monoisotopic (exact) mass is 163 g/mol. The third-order valence-electron chi connectivity index (χ3n) is 1.51.